The van der Waals surface area contributed by atoms with Gasteiger partial charge in [-0.3, -0.25) is 4.89 Å². The Morgan fingerprint density at radius 1 is 0.850 bits per heavy atom. The highest BCUT2D eigenvalue weighted by Gasteiger charge is 2.01. The lowest BCUT2D eigenvalue weighted by atomic mass is 10.1. The third kappa shape index (κ3) is 15.8. The topological polar surface area (TPSA) is 35.5 Å². The van der Waals surface area contributed by atoms with Gasteiger partial charge in [0.1, 0.15) is 0 Å². The Balaban J connectivity index is 3.01. The van der Waals surface area contributed by atoms with E-state index in [1.165, 1.54) is 69.5 Å². The number of thioether (sulfide) groups is 1. The number of hydrogen-bond acceptors (Lipinski definition) is 4. The first kappa shape index (κ1) is 19.8. The number of hydrogen-bond donors (Lipinski definition) is 0. The quantitative estimate of drug-likeness (QED) is 0.238. The summed E-state index contributed by atoms with van der Waals surface area (Å²) < 4.78 is 0. The second kappa shape index (κ2) is 16.8. The second-order valence-corrected chi connectivity index (χ2v) is 6.11. The Morgan fingerprint density at radius 2 is 1.35 bits per heavy atom. The average molecular weight is 304 g/mol. The molecule has 0 aromatic carbocycles. The van der Waals surface area contributed by atoms with Gasteiger partial charge in [0.05, 0.1) is 12.4 Å². The second-order valence-electron chi connectivity index (χ2n) is 5.25. The standard InChI is InChI=1S/C16H32O3S/c1-3-4-5-6-7-8-9-10-11-12-13-14-18-19-16(17)15-20-2/h3-15H2,1-2H3. The minimum atomic E-state index is -0.291. The summed E-state index contributed by atoms with van der Waals surface area (Å²) in [5.41, 5.74) is 0. The summed E-state index contributed by atoms with van der Waals surface area (Å²) in [7, 11) is 0. The maximum Gasteiger partial charge on any atom is 0.352 e. The SMILES string of the molecule is CCCCCCCCCCCCCOOC(=O)CSC. The molecule has 0 aliphatic carbocycles. The molecular formula is C16H32O3S. The monoisotopic (exact) mass is 304 g/mol. The highest BCUT2D eigenvalue weighted by Crippen LogP contribution is 2.11. The van der Waals surface area contributed by atoms with Crippen LogP contribution in [0.1, 0.15) is 77.6 Å². The number of carbonyl (C=O) groups excluding carboxylic acids is 1. The van der Waals surface area contributed by atoms with Gasteiger partial charge in [0, 0.05) is 0 Å². The molecule has 0 unspecified atom stereocenters. The van der Waals surface area contributed by atoms with Crippen molar-refractivity contribution in [1.29, 1.82) is 0 Å². The lowest BCUT2D eigenvalue weighted by Gasteiger charge is -2.03. The molecule has 0 heterocycles. The number of unbranched alkanes of at least 4 members (excludes halogenated alkanes) is 10. The molecule has 0 N–H and O–H groups in total. The molecule has 0 radical (unpaired) electrons. The molecule has 0 aromatic rings. The zero-order valence-corrected chi connectivity index (χ0v) is 14.1. The van der Waals surface area contributed by atoms with Gasteiger partial charge >= 0.3 is 5.97 Å². The van der Waals surface area contributed by atoms with Crippen LogP contribution in [0.2, 0.25) is 0 Å². The average Bonchev–Trinajstić information content (AvgIpc) is 2.44. The minimum absolute atomic E-state index is 0.291. The zero-order chi connectivity index (χ0) is 14.9. The summed E-state index contributed by atoms with van der Waals surface area (Å²) in [6.45, 7) is 2.78. The van der Waals surface area contributed by atoms with E-state index in [4.69, 9.17) is 4.89 Å². The smallest absolute Gasteiger partial charge is 0.297 e. The normalized spacial score (nSPS) is 10.7. The fourth-order valence-corrected chi connectivity index (χ4v) is 2.36. The number of rotatable bonds is 15. The van der Waals surface area contributed by atoms with E-state index in [2.05, 4.69) is 11.8 Å². The van der Waals surface area contributed by atoms with Gasteiger partial charge in [0.2, 0.25) is 0 Å². The van der Waals surface area contributed by atoms with E-state index in [1.54, 1.807) is 0 Å². The van der Waals surface area contributed by atoms with Gasteiger partial charge in [-0.1, -0.05) is 71.1 Å². The largest absolute Gasteiger partial charge is 0.352 e. The summed E-state index contributed by atoms with van der Waals surface area (Å²) >= 11 is 1.44. The van der Waals surface area contributed by atoms with Crippen molar-refractivity contribution in [1.82, 2.24) is 0 Å². The van der Waals surface area contributed by atoms with Crippen LogP contribution in [0.4, 0.5) is 0 Å². The molecule has 0 saturated heterocycles. The van der Waals surface area contributed by atoms with Crippen molar-refractivity contribution in [2.45, 2.75) is 77.6 Å². The molecule has 0 saturated carbocycles. The molecule has 0 amide bonds. The van der Waals surface area contributed by atoms with Crippen molar-refractivity contribution < 1.29 is 14.6 Å². The van der Waals surface area contributed by atoms with Gasteiger partial charge in [-0.15, -0.1) is 0 Å². The molecule has 0 aliphatic heterocycles. The van der Waals surface area contributed by atoms with E-state index in [0.29, 0.717) is 12.4 Å². The highest BCUT2D eigenvalue weighted by molar-refractivity contribution is 7.99. The third-order valence-corrected chi connectivity index (χ3v) is 3.77. The van der Waals surface area contributed by atoms with Crippen LogP contribution in [-0.2, 0) is 14.6 Å². The van der Waals surface area contributed by atoms with E-state index in [0.717, 1.165) is 12.8 Å². The van der Waals surface area contributed by atoms with Gasteiger partial charge in [-0.25, -0.2) is 4.79 Å². The van der Waals surface area contributed by atoms with Crippen LogP contribution in [0.15, 0.2) is 0 Å². The van der Waals surface area contributed by atoms with Gasteiger partial charge in [0.25, 0.3) is 0 Å². The molecule has 0 aliphatic rings. The fraction of sp³-hybridized carbons (Fsp3) is 0.938. The zero-order valence-electron chi connectivity index (χ0n) is 13.3. The Morgan fingerprint density at radius 3 is 1.85 bits per heavy atom. The summed E-state index contributed by atoms with van der Waals surface area (Å²) in [5.74, 6) is 0.0682. The summed E-state index contributed by atoms with van der Waals surface area (Å²) in [5, 5.41) is 0. The van der Waals surface area contributed by atoms with Crippen LogP contribution in [0, 0.1) is 0 Å². The van der Waals surface area contributed by atoms with Crippen LogP contribution in [0.25, 0.3) is 0 Å². The van der Waals surface area contributed by atoms with Crippen LogP contribution in [0.3, 0.4) is 0 Å². The predicted molar refractivity (Wildman–Crippen MR) is 86.9 cm³/mol. The molecule has 0 aromatic heterocycles. The Labute approximate surface area is 129 Å². The molecule has 0 fully saturated rings. The molecule has 0 spiro atoms. The molecule has 3 nitrogen and oxygen atoms in total. The molecule has 0 bridgehead atoms. The van der Waals surface area contributed by atoms with Crippen LogP contribution in [0.5, 0.6) is 0 Å². The maximum absolute atomic E-state index is 11.0. The third-order valence-electron chi connectivity index (χ3n) is 3.25. The van der Waals surface area contributed by atoms with Crippen LogP contribution < -0.4 is 0 Å². The summed E-state index contributed by atoms with van der Waals surface area (Å²) in [4.78, 5) is 20.5. The molecule has 0 rings (SSSR count). The van der Waals surface area contributed by atoms with E-state index in [1.807, 2.05) is 6.26 Å². The number of carbonyl (C=O) groups is 1. The minimum Gasteiger partial charge on any atom is -0.297 e. The van der Waals surface area contributed by atoms with Crippen LogP contribution in [-0.4, -0.2) is 24.6 Å². The van der Waals surface area contributed by atoms with E-state index >= 15 is 0 Å². The van der Waals surface area contributed by atoms with Gasteiger partial charge < -0.3 is 0 Å². The van der Waals surface area contributed by atoms with Gasteiger partial charge in [-0.2, -0.15) is 16.6 Å². The summed E-state index contributed by atoms with van der Waals surface area (Å²) in [6.07, 6.45) is 16.3. The first-order valence-corrected chi connectivity index (χ1v) is 9.52. The van der Waals surface area contributed by atoms with Crippen molar-refractivity contribution in [3.8, 4) is 0 Å². The van der Waals surface area contributed by atoms with Gasteiger partial charge in [-0.05, 0) is 12.7 Å². The van der Waals surface area contributed by atoms with Crippen molar-refractivity contribution in [2.75, 3.05) is 18.6 Å². The molecule has 20 heavy (non-hydrogen) atoms. The lowest BCUT2D eigenvalue weighted by Crippen LogP contribution is -2.08. The predicted octanol–water partition coefficient (Wildman–Crippen LogP) is 5.14. The van der Waals surface area contributed by atoms with E-state index in [-0.39, 0.29) is 5.97 Å². The van der Waals surface area contributed by atoms with Crippen molar-refractivity contribution in [2.24, 2.45) is 0 Å². The van der Waals surface area contributed by atoms with E-state index in [9.17, 15) is 4.79 Å². The maximum atomic E-state index is 11.0. The van der Waals surface area contributed by atoms with Crippen molar-refractivity contribution >= 4 is 17.7 Å². The molecule has 0 atom stereocenters. The van der Waals surface area contributed by atoms with Crippen LogP contribution >= 0.6 is 11.8 Å². The first-order valence-electron chi connectivity index (χ1n) is 8.12. The Bertz CT molecular complexity index is 210. The molecular weight excluding hydrogens is 272 g/mol. The molecule has 4 heteroatoms. The lowest BCUT2D eigenvalue weighted by molar-refractivity contribution is -0.270. The Hall–Kier alpha value is -0.220. The highest BCUT2D eigenvalue weighted by atomic mass is 32.2. The van der Waals surface area contributed by atoms with E-state index < -0.39 is 0 Å². The first-order chi connectivity index (χ1) is 9.81. The fourth-order valence-electron chi connectivity index (χ4n) is 2.07. The summed E-state index contributed by atoms with van der Waals surface area (Å²) in [6, 6.07) is 0. The molecule has 120 valence electrons. The van der Waals surface area contributed by atoms with Crippen molar-refractivity contribution in [3.05, 3.63) is 0 Å². The van der Waals surface area contributed by atoms with Gasteiger partial charge in [0.15, 0.2) is 0 Å². The van der Waals surface area contributed by atoms with Crippen molar-refractivity contribution in [3.63, 3.8) is 0 Å². The Kier molecular flexibility index (Phi) is 16.6.